The normalized spacial score (nSPS) is 12.2. The van der Waals surface area contributed by atoms with Crippen molar-refractivity contribution in [2.45, 2.75) is 13.0 Å². The topological polar surface area (TPSA) is 42.4 Å². The number of aromatic nitrogens is 1. The van der Waals surface area contributed by atoms with Crippen LogP contribution in [0, 0.1) is 6.92 Å². The van der Waals surface area contributed by atoms with Crippen molar-refractivity contribution in [1.29, 1.82) is 0 Å². The van der Waals surface area contributed by atoms with Crippen LogP contribution in [-0.4, -0.2) is 17.2 Å². The lowest BCUT2D eigenvalue weighted by atomic mass is 10.0. The summed E-state index contributed by atoms with van der Waals surface area (Å²) in [7, 11) is 1.62. The van der Waals surface area contributed by atoms with Gasteiger partial charge in [0.1, 0.15) is 11.9 Å². The summed E-state index contributed by atoms with van der Waals surface area (Å²) < 4.78 is 5.08. The molecule has 0 spiro atoms. The zero-order chi connectivity index (χ0) is 12.3. The van der Waals surface area contributed by atoms with E-state index in [4.69, 9.17) is 4.74 Å². The number of nitrogens with zero attached hydrogens (tertiary/aromatic N) is 1. The van der Waals surface area contributed by atoms with Crippen LogP contribution in [0.1, 0.15) is 22.8 Å². The highest BCUT2D eigenvalue weighted by atomic mass is 16.5. The van der Waals surface area contributed by atoms with Crippen LogP contribution < -0.4 is 4.74 Å². The van der Waals surface area contributed by atoms with Gasteiger partial charge in [-0.2, -0.15) is 0 Å². The number of hydrogen-bond acceptors (Lipinski definition) is 3. The van der Waals surface area contributed by atoms with Crippen molar-refractivity contribution in [3.8, 4) is 5.75 Å². The Labute approximate surface area is 101 Å². The summed E-state index contributed by atoms with van der Waals surface area (Å²) in [4.78, 5) is 4.08. The number of hydrogen-bond donors (Lipinski definition) is 1. The van der Waals surface area contributed by atoms with Gasteiger partial charge in [-0.25, -0.2) is 0 Å². The van der Waals surface area contributed by atoms with Crippen LogP contribution in [0.4, 0.5) is 0 Å². The molecule has 0 aliphatic carbocycles. The molecule has 0 aliphatic rings. The predicted molar refractivity (Wildman–Crippen MR) is 66.0 cm³/mol. The van der Waals surface area contributed by atoms with Crippen molar-refractivity contribution >= 4 is 0 Å². The van der Waals surface area contributed by atoms with Gasteiger partial charge in [0.2, 0.25) is 0 Å². The minimum atomic E-state index is -0.645. The monoisotopic (exact) mass is 229 g/mol. The van der Waals surface area contributed by atoms with Crippen molar-refractivity contribution in [2.75, 3.05) is 7.11 Å². The Morgan fingerprint density at radius 1 is 1.12 bits per heavy atom. The highest BCUT2D eigenvalue weighted by molar-refractivity contribution is 5.33. The first-order valence-electron chi connectivity index (χ1n) is 5.44. The van der Waals surface area contributed by atoms with Gasteiger partial charge in [0.25, 0.3) is 0 Å². The summed E-state index contributed by atoms with van der Waals surface area (Å²) in [6, 6.07) is 9.31. The molecule has 1 heterocycles. The molecule has 0 fully saturated rings. The molecule has 0 bridgehead atoms. The van der Waals surface area contributed by atoms with E-state index in [0.29, 0.717) is 0 Å². The van der Waals surface area contributed by atoms with E-state index in [1.54, 1.807) is 19.5 Å². The SMILES string of the molecule is COc1ccc(C(O)c2cncc(C)c2)cc1. The molecule has 88 valence electrons. The molecule has 0 saturated carbocycles. The van der Waals surface area contributed by atoms with Gasteiger partial charge in [0, 0.05) is 18.0 Å². The lowest BCUT2D eigenvalue weighted by Gasteiger charge is -2.12. The van der Waals surface area contributed by atoms with Crippen LogP contribution in [0.25, 0.3) is 0 Å². The highest BCUT2D eigenvalue weighted by Gasteiger charge is 2.10. The Bertz CT molecular complexity index is 494. The number of methoxy groups -OCH3 is 1. The van der Waals surface area contributed by atoms with Gasteiger partial charge in [-0.1, -0.05) is 18.2 Å². The Hall–Kier alpha value is -1.87. The second kappa shape index (κ2) is 4.97. The molecule has 17 heavy (non-hydrogen) atoms. The standard InChI is InChI=1S/C14H15NO2/c1-10-7-12(9-15-8-10)14(16)11-3-5-13(17-2)6-4-11/h3-9,14,16H,1-2H3. The second-order valence-corrected chi connectivity index (χ2v) is 3.97. The maximum atomic E-state index is 10.2. The smallest absolute Gasteiger partial charge is 0.118 e. The zero-order valence-corrected chi connectivity index (χ0v) is 9.92. The molecule has 1 N–H and O–H groups in total. The Morgan fingerprint density at radius 2 is 1.82 bits per heavy atom. The summed E-state index contributed by atoms with van der Waals surface area (Å²) in [6.07, 6.45) is 2.81. The average Bonchev–Trinajstić information content (AvgIpc) is 2.38. The van der Waals surface area contributed by atoms with E-state index in [9.17, 15) is 5.11 Å². The van der Waals surface area contributed by atoms with Crippen LogP contribution in [0.5, 0.6) is 5.75 Å². The summed E-state index contributed by atoms with van der Waals surface area (Å²) in [6.45, 7) is 1.96. The number of aliphatic hydroxyl groups is 1. The van der Waals surface area contributed by atoms with Gasteiger partial charge < -0.3 is 9.84 Å². The van der Waals surface area contributed by atoms with E-state index in [-0.39, 0.29) is 0 Å². The van der Waals surface area contributed by atoms with Gasteiger partial charge in [-0.05, 0) is 30.2 Å². The van der Waals surface area contributed by atoms with E-state index in [2.05, 4.69) is 4.98 Å². The number of benzene rings is 1. The maximum absolute atomic E-state index is 10.2. The van der Waals surface area contributed by atoms with Crippen molar-refractivity contribution in [3.63, 3.8) is 0 Å². The van der Waals surface area contributed by atoms with Crippen LogP contribution >= 0.6 is 0 Å². The maximum Gasteiger partial charge on any atom is 0.118 e. The minimum Gasteiger partial charge on any atom is -0.497 e. The second-order valence-electron chi connectivity index (χ2n) is 3.97. The van der Waals surface area contributed by atoms with Crippen molar-refractivity contribution in [2.24, 2.45) is 0 Å². The molecule has 3 nitrogen and oxygen atoms in total. The molecule has 0 saturated heterocycles. The van der Waals surface area contributed by atoms with Crippen molar-refractivity contribution in [3.05, 3.63) is 59.4 Å². The van der Waals surface area contributed by atoms with Crippen LogP contribution in [0.2, 0.25) is 0 Å². The number of pyridine rings is 1. The third kappa shape index (κ3) is 2.63. The number of aryl methyl sites for hydroxylation is 1. The fraction of sp³-hybridized carbons (Fsp3) is 0.214. The third-order valence-electron chi connectivity index (χ3n) is 2.64. The first-order chi connectivity index (χ1) is 8.20. The van der Waals surface area contributed by atoms with Crippen molar-refractivity contribution in [1.82, 2.24) is 4.98 Å². The number of ether oxygens (including phenoxy) is 1. The van der Waals surface area contributed by atoms with Crippen LogP contribution in [0.15, 0.2) is 42.7 Å². The molecule has 1 aromatic carbocycles. The highest BCUT2D eigenvalue weighted by Crippen LogP contribution is 2.23. The lowest BCUT2D eigenvalue weighted by molar-refractivity contribution is 0.219. The van der Waals surface area contributed by atoms with E-state index in [0.717, 1.165) is 22.4 Å². The largest absolute Gasteiger partial charge is 0.497 e. The molecule has 3 heteroatoms. The Morgan fingerprint density at radius 3 is 2.41 bits per heavy atom. The molecule has 1 aromatic heterocycles. The van der Waals surface area contributed by atoms with Gasteiger partial charge in [-0.15, -0.1) is 0 Å². The van der Waals surface area contributed by atoms with E-state index < -0.39 is 6.10 Å². The van der Waals surface area contributed by atoms with Gasteiger partial charge >= 0.3 is 0 Å². The quantitative estimate of drug-likeness (QED) is 0.879. The van der Waals surface area contributed by atoms with Crippen LogP contribution in [-0.2, 0) is 0 Å². The van der Waals surface area contributed by atoms with Gasteiger partial charge in [0.05, 0.1) is 7.11 Å². The Balaban J connectivity index is 2.27. The number of aliphatic hydroxyl groups excluding tert-OH is 1. The van der Waals surface area contributed by atoms with Gasteiger partial charge in [0.15, 0.2) is 0 Å². The summed E-state index contributed by atoms with van der Waals surface area (Å²) in [5, 5.41) is 10.2. The molecule has 0 amide bonds. The van der Waals surface area contributed by atoms with Crippen LogP contribution in [0.3, 0.4) is 0 Å². The molecule has 1 unspecified atom stereocenters. The van der Waals surface area contributed by atoms with E-state index in [1.807, 2.05) is 37.3 Å². The van der Waals surface area contributed by atoms with Crippen molar-refractivity contribution < 1.29 is 9.84 Å². The first kappa shape index (κ1) is 11.6. The molecule has 2 rings (SSSR count). The third-order valence-corrected chi connectivity index (χ3v) is 2.64. The molecular formula is C14H15NO2. The summed E-state index contributed by atoms with van der Waals surface area (Å²) >= 11 is 0. The fourth-order valence-electron chi connectivity index (χ4n) is 1.71. The molecule has 0 radical (unpaired) electrons. The zero-order valence-electron chi connectivity index (χ0n) is 9.92. The minimum absolute atomic E-state index is 0.645. The van der Waals surface area contributed by atoms with E-state index >= 15 is 0 Å². The van der Waals surface area contributed by atoms with E-state index in [1.165, 1.54) is 0 Å². The Kier molecular flexibility index (Phi) is 3.40. The average molecular weight is 229 g/mol. The molecule has 2 aromatic rings. The fourth-order valence-corrected chi connectivity index (χ4v) is 1.71. The lowest BCUT2D eigenvalue weighted by Crippen LogP contribution is -2.00. The molecular weight excluding hydrogens is 214 g/mol. The van der Waals surface area contributed by atoms with Gasteiger partial charge in [-0.3, -0.25) is 4.98 Å². The molecule has 1 atom stereocenters. The molecule has 0 aliphatic heterocycles. The number of rotatable bonds is 3. The summed E-state index contributed by atoms with van der Waals surface area (Å²) in [5.74, 6) is 0.781. The predicted octanol–water partition coefficient (Wildman–Crippen LogP) is 2.48. The first-order valence-corrected chi connectivity index (χ1v) is 5.44. The summed E-state index contributed by atoms with van der Waals surface area (Å²) in [5.41, 5.74) is 2.67.